The van der Waals surface area contributed by atoms with Crippen molar-refractivity contribution in [1.29, 1.82) is 0 Å². The Labute approximate surface area is 125 Å². The van der Waals surface area contributed by atoms with E-state index in [0.717, 1.165) is 0 Å². The normalized spacial score (nSPS) is 13.0. The molecule has 0 fully saturated rings. The van der Waals surface area contributed by atoms with E-state index >= 15 is 0 Å². The van der Waals surface area contributed by atoms with Gasteiger partial charge in [0.2, 0.25) is 0 Å². The van der Waals surface area contributed by atoms with Crippen molar-refractivity contribution in [2.45, 2.75) is 0 Å². The Kier molecular flexibility index (Phi) is 3.27. The number of imide groups is 1. The quantitative estimate of drug-likeness (QED) is 0.686. The fourth-order valence-corrected chi connectivity index (χ4v) is 2.26. The highest BCUT2D eigenvalue weighted by Gasteiger charge is 2.36. The molecule has 0 radical (unpaired) electrons. The summed E-state index contributed by atoms with van der Waals surface area (Å²) in [5, 5.41) is 0.661. The first kappa shape index (κ1) is 13.7. The number of carbonyl (C=O) groups is 4. The predicted octanol–water partition coefficient (Wildman–Crippen LogP) is 1.44. The van der Waals surface area contributed by atoms with Crippen molar-refractivity contribution >= 4 is 24.0 Å². The number of rotatable bonds is 3. The van der Waals surface area contributed by atoms with Gasteiger partial charge >= 0.3 is 0 Å². The second-order valence-electron chi connectivity index (χ2n) is 4.64. The molecule has 22 heavy (non-hydrogen) atoms. The molecule has 3 amide bonds. The van der Waals surface area contributed by atoms with E-state index < -0.39 is 17.7 Å². The maximum Gasteiger partial charge on any atom is 0.280 e. The van der Waals surface area contributed by atoms with E-state index in [1.807, 2.05) is 0 Å². The van der Waals surface area contributed by atoms with Crippen molar-refractivity contribution in [3.63, 3.8) is 0 Å². The second-order valence-corrected chi connectivity index (χ2v) is 4.64. The molecule has 1 aliphatic heterocycles. The number of hydrogen-bond acceptors (Lipinski definition) is 4. The zero-order chi connectivity index (χ0) is 15.7. The number of fused-ring (bicyclic) bond motifs is 1. The molecule has 6 heteroatoms. The molecule has 0 saturated carbocycles. The van der Waals surface area contributed by atoms with Gasteiger partial charge in [0.25, 0.3) is 17.7 Å². The average Bonchev–Trinajstić information content (AvgIpc) is 2.80. The van der Waals surface area contributed by atoms with Crippen LogP contribution in [-0.4, -0.2) is 29.0 Å². The Morgan fingerprint density at radius 1 is 0.909 bits per heavy atom. The van der Waals surface area contributed by atoms with Crippen LogP contribution in [0.5, 0.6) is 0 Å². The molecule has 0 aliphatic carbocycles. The van der Waals surface area contributed by atoms with Crippen molar-refractivity contribution < 1.29 is 19.2 Å². The highest BCUT2D eigenvalue weighted by Crippen LogP contribution is 2.21. The third-order valence-corrected chi connectivity index (χ3v) is 3.34. The number of benzene rings is 2. The van der Waals surface area contributed by atoms with Crippen LogP contribution in [0.3, 0.4) is 0 Å². The van der Waals surface area contributed by atoms with Crippen molar-refractivity contribution in [2.24, 2.45) is 0 Å². The van der Waals surface area contributed by atoms with Crippen molar-refractivity contribution in [3.8, 4) is 0 Å². The summed E-state index contributed by atoms with van der Waals surface area (Å²) in [7, 11) is 0. The van der Waals surface area contributed by atoms with Crippen LogP contribution in [0.4, 0.5) is 0 Å². The Bertz CT molecular complexity index is 778. The fourth-order valence-electron chi connectivity index (χ4n) is 2.26. The Balaban J connectivity index is 1.89. The largest absolute Gasteiger partial charge is 0.298 e. The molecular weight excluding hydrogens is 284 g/mol. The zero-order valence-electron chi connectivity index (χ0n) is 11.3. The summed E-state index contributed by atoms with van der Waals surface area (Å²) in [6.07, 6.45) is 0.539. The summed E-state index contributed by atoms with van der Waals surface area (Å²) in [5.41, 5.74) is 2.99. The van der Waals surface area contributed by atoms with Gasteiger partial charge in [0, 0.05) is 5.56 Å². The van der Waals surface area contributed by atoms with Gasteiger partial charge in [-0.2, -0.15) is 5.01 Å². The van der Waals surface area contributed by atoms with Crippen molar-refractivity contribution in [1.82, 2.24) is 10.4 Å². The van der Waals surface area contributed by atoms with E-state index in [-0.39, 0.29) is 22.3 Å². The third-order valence-electron chi connectivity index (χ3n) is 3.34. The average molecular weight is 294 g/mol. The maximum absolute atomic E-state index is 12.2. The lowest BCUT2D eigenvalue weighted by Crippen LogP contribution is -2.46. The first-order chi connectivity index (χ1) is 10.6. The van der Waals surface area contributed by atoms with Crippen LogP contribution >= 0.6 is 0 Å². The van der Waals surface area contributed by atoms with E-state index in [0.29, 0.717) is 11.3 Å². The lowest BCUT2D eigenvalue weighted by Gasteiger charge is -2.15. The van der Waals surface area contributed by atoms with Crippen molar-refractivity contribution in [2.75, 3.05) is 0 Å². The van der Waals surface area contributed by atoms with Gasteiger partial charge in [-0.15, -0.1) is 0 Å². The van der Waals surface area contributed by atoms with Gasteiger partial charge < -0.3 is 0 Å². The molecule has 1 aliphatic rings. The summed E-state index contributed by atoms with van der Waals surface area (Å²) in [6, 6.07) is 12.4. The number of amides is 3. The lowest BCUT2D eigenvalue weighted by atomic mass is 10.1. The Morgan fingerprint density at radius 2 is 1.45 bits per heavy atom. The molecule has 0 atom stereocenters. The number of nitrogens with one attached hydrogen (secondary N) is 1. The minimum absolute atomic E-state index is 0.0917. The minimum Gasteiger partial charge on any atom is -0.298 e. The highest BCUT2D eigenvalue weighted by atomic mass is 16.2. The van der Waals surface area contributed by atoms with Crippen LogP contribution in [0.15, 0.2) is 48.5 Å². The maximum atomic E-state index is 12.2. The molecule has 3 rings (SSSR count). The Hall–Kier alpha value is -3.28. The molecule has 2 aromatic carbocycles. The minimum atomic E-state index is -0.697. The summed E-state index contributed by atoms with van der Waals surface area (Å²) < 4.78 is 0. The SMILES string of the molecule is O=Cc1ccccc1C(=O)NN1C(=O)c2ccccc2C1=O. The molecule has 0 aromatic heterocycles. The van der Waals surface area contributed by atoms with Gasteiger partial charge in [-0.25, -0.2) is 0 Å². The molecule has 6 nitrogen and oxygen atoms in total. The summed E-state index contributed by atoms with van der Waals surface area (Å²) >= 11 is 0. The highest BCUT2D eigenvalue weighted by molar-refractivity contribution is 6.22. The first-order valence-corrected chi connectivity index (χ1v) is 6.46. The zero-order valence-corrected chi connectivity index (χ0v) is 11.3. The van der Waals surface area contributed by atoms with Crippen LogP contribution in [0.1, 0.15) is 41.4 Å². The van der Waals surface area contributed by atoms with Crippen LogP contribution in [0.2, 0.25) is 0 Å². The van der Waals surface area contributed by atoms with Gasteiger partial charge in [0.05, 0.1) is 16.7 Å². The van der Waals surface area contributed by atoms with Gasteiger partial charge in [0.1, 0.15) is 0 Å². The van der Waals surface area contributed by atoms with Crippen LogP contribution < -0.4 is 5.43 Å². The molecule has 0 bridgehead atoms. The molecule has 1 N–H and O–H groups in total. The number of carbonyl (C=O) groups excluding carboxylic acids is 4. The predicted molar refractivity (Wildman–Crippen MR) is 76.2 cm³/mol. The smallest absolute Gasteiger partial charge is 0.280 e. The van der Waals surface area contributed by atoms with E-state index in [1.54, 1.807) is 24.3 Å². The number of aldehydes is 1. The van der Waals surface area contributed by atoms with Gasteiger partial charge in [-0.05, 0) is 18.2 Å². The summed E-state index contributed by atoms with van der Waals surface area (Å²) in [5.74, 6) is -1.90. The lowest BCUT2D eigenvalue weighted by molar-refractivity contribution is 0.0518. The van der Waals surface area contributed by atoms with Gasteiger partial charge in [-0.3, -0.25) is 24.6 Å². The Morgan fingerprint density at radius 3 is 2.05 bits per heavy atom. The molecule has 0 spiro atoms. The monoisotopic (exact) mass is 294 g/mol. The van der Waals surface area contributed by atoms with E-state index in [1.165, 1.54) is 24.3 Å². The molecule has 2 aromatic rings. The standard InChI is InChI=1S/C16H10N2O4/c19-9-10-5-1-2-6-11(10)14(20)17-18-15(21)12-7-3-4-8-13(12)16(18)22/h1-9H,(H,17,20). The van der Waals surface area contributed by atoms with E-state index in [4.69, 9.17) is 0 Å². The van der Waals surface area contributed by atoms with Crippen LogP contribution in [0, 0.1) is 0 Å². The molecular formula is C16H10N2O4. The van der Waals surface area contributed by atoms with E-state index in [2.05, 4.69) is 5.43 Å². The third kappa shape index (κ3) is 2.07. The van der Waals surface area contributed by atoms with E-state index in [9.17, 15) is 19.2 Å². The molecule has 108 valence electrons. The number of hydrazine groups is 1. The molecule has 0 saturated heterocycles. The van der Waals surface area contributed by atoms with Crippen molar-refractivity contribution in [3.05, 3.63) is 70.8 Å². The van der Waals surface area contributed by atoms with Crippen LogP contribution in [0.25, 0.3) is 0 Å². The molecule has 0 unspecified atom stereocenters. The van der Waals surface area contributed by atoms with Gasteiger partial charge in [0.15, 0.2) is 6.29 Å². The van der Waals surface area contributed by atoms with Crippen LogP contribution in [-0.2, 0) is 0 Å². The fraction of sp³-hybridized carbons (Fsp3) is 0. The first-order valence-electron chi connectivity index (χ1n) is 6.46. The topological polar surface area (TPSA) is 83.6 Å². The second kappa shape index (κ2) is 5.25. The summed E-state index contributed by atoms with van der Waals surface area (Å²) in [6.45, 7) is 0. The molecule has 1 heterocycles. The number of nitrogens with zero attached hydrogens (tertiary/aromatic N) is 1. The number of hydrogen-bond donors (Lipinski definition) is 1. The van der Waals surface area contributed by atoms with Gasteiger partial charge in [-0.1, -0.05) is 30.3 Å². The summed E-state index contributed by atoms with van der Waals surface area (Å²) in [4.78, 5) is 47.5.